The largest absolute Gasteiger partial charge is 0.484 e. The number of aromatic nitrogens is 1. The number of oxazole rings is 1. The molecule has 0 spiro atoms. The zero-order valence-corrected chi connectivity index (χ0v) is 9.12. The van der Waals surface area contributed by atoms with Crippen molar-refractivity contribution < 1.29 is 14.1 Å². The van der Waals surface area contributed by atoms with Gasteiger partial charge in [0, 0.05) is 12.1 Å². The van der Waals surface area contributed by atoms with Gasteiger partial charge in [-0.05, 0) is 19.1 Å². The molecule has 0 unspecified atom stereocenters. The molecule has 0 N–H and O–H groups in total. The maximum absolute atomic E-state index is 10.4. The summed E-state index contributed by atoms with van der Waals surface area (Å²) in [6, 6.07) is 5.84. The summed E-state index contributed by atoms with van der Waals surface area (Å²) in [5.74, 6) is 1.72. The monoisotopic (exact) mass is 234 g/mol. The highest BCUT2D eigenvalue weighted by Crippen LogP contribution is 2.18. The van der Waals surface area contributed by atoms with Crippen LogP contribution in [-0.2, 0) is 6.61 Å². The highest BCUT2D eigenvalue weighted by molar-refractivity contribution is 5.35. The fourth-order valence-corrected chi connectivity index (χ4v) is 1.28. The second-order valence-electron chi connectivity index (χ2n) is 3.40. The van der Waals surface area contributed by atoms with E-state index in [0.717, 1.165) is 0 Å². The SMILES string of the molecule is Cc1cnc(COc2ccc([N+](=O)[O-])cc2)o1. The van der Waals surface area contributed by atoms with Crippen LogP contribution in [0.15, 0.2) is 34.9 Å². The van der Waals surface area contributed by atoms with Gasteiger partial charge in [-0.15, -0.1) is 0 Å². The molecule has 2 rings (SSSR count). The van der Waals surface area contributed by atoms with Crippen LogP contribution in [0.4, 0.5) is 5.69 Å². The Bertz CT molecular complexity index is 519. The van der Waals surface area contributed by atoms with E-state index in [2.05, 4.69) is 4.98 Å². The van der Waals surface area contributed by atoms with Gasteiger partial charge in [-0.25, -0.2) is 4.98 Å². The third kappa shape index (κ3) is 2.81. The summed E-state index contributed by atoms with van der Waals surface area (Å²) in [7, 11) is 0. The van der Waals surface area contributed by atoms with E-state index < -0.39 is 4.92 Å². The van der Waals surface area contributed by atoms with Gasteiger partial charge in [0.1, 0.15) is 11.5 Å². The number of hydrogen-bond donors (Lipinski definition) is 0. The molecule has 0 atom stereocenters. The minimum atomic E-state index is -0.457. The Kier molecular flexibility index (Phi) is 3.04. The highest BCUT2D eigenvalue weighted by Gasteiger charge is 2.05. The van der Waals surface area contributed by atoms with Crippen molar-refractivity contribution in [3.05, 3.63) is 52.2 Å². The van der Waals surface area contributed by atoms with Crippen molar-refractivity contribution in [2.45, 2.75) is 13.5 Å². The summed E-state index contributed by atoms with van der Waals surface area (Å²) in [6.45, 7) is 1.99. The molecule has 1 heterocycles. The van der Waals surface area contributed by atoms with Crippen LogP contribution in [0.5, 0.6) is 5.75 Å². The van der Waals surface area contributed by atoms with Gasteiger partial charge in [-0.2, -0.15) is 0 Å². The Morgan fingerprint density at radius 3 is 2.65 bits per heavy atom. The number of non-ortho nitro benzene ring substituents is 1. The number of hydrogen-bond acceptors (Lipinski definition) is 5. The van der Waals surface area contributed by atoms with Crippen LogP contribution >= 0.6 is 0 Å². The molecule has 0 aliphatic carbocycles. The lowest BCUT2D eigenvalue weighted by Crippen LogP contribution is -1.95. The maximum Gasteiger partial charge on any atom is 0.269 e. The zero-order valence-electron chi connectivity index (χ0n) is 9.12. The molecule has 0 amide bonds. The van der Waals surface area contributed by atoms with E-state index in [1.807, 2.05) is 0 Å². The van der Waals surface area contributed by atoms with Crippen molar-refractivity contribution in [3.8, 4) is 5.75 Å². The molecule has 88 valence electrons. The fraction of sp³-hybridized carbons (Fsp3) is 0.182. The third-order valence-electron chi connectivity index (χ3n) is 2.08. The van der Waals surface area contributed by atoms with E-state index in [1.165, 1.54) is 24.3 Å². The van der Waals surface area contributed by atoms with Crippen molar-refractivity contribution in [1.29, 1.82) is 0 Å². The molecule has 0 bridgehead atoms. The average Bonchev–Trinajstić information content (AvgIpc) is 2.73. The molecule has 1 aromatic carbocycles. The number of benzene rings is 1. The molecule has 17 heavy (non-hydrogen) atoms. The van der Waals surface area contributed by atoms with Crippen LogP contribution in [0, 0.1) is 17.0 Å². The van der Waals surface area contributed by atoms with Crippen molar-refractivity contribution in [2.75, 3.05) is 0 Å². The molecule has 1 aromatic heterocycles. The number of aryl methyl sites for hydroxylation is 1. The van der Waals surface area contributed by atoms with E-state index in [1.54, 1.807) is 13.1 Å². The Morgan fingerprint density at radius 2 is 2.12 bits per heavy atom. The lowest BCUT2D eigenvalue weighted by Gasteiger charge is -2.02. The molecule has 0 radical (unpaired) electrons. The number of nitro groups is 1. The second-order valence-corrected chi connectivity index (χ2v) is 3.40. The number of nitrogens with zero attached hydrogens (tertiary/aromatic N) is 2. The summed E-state index contributed by atoms with van der Waals surface area (Å²) in [4.78, 5) is 14.0. The number of nitro benzene ring substituents is 1. The molecule has 0 fully saturated rings. The quantitative estimate of drug-likeness (QED) is 0.599. The first-order chi connectivity index (χ1) is 8.15. The Hall–Kier alpha value is -2.37. The minimum Gasteiger partial charge on any atom is -0.484 e. The zero-order chi connectivity index (χ0) is 12.3. The summed E-state index contributed by atoms with van der Waals surface area (Å²) in [6.07, 6.45) is 1.61. The van der Waals surface area contributed by atoms with Crippen LogP contribution in [0.2, 0.25) is 0 Å². The predicted molar refractivity (Wildman–Crippen MR) is 58.7 cm³/mol. The minimum absolute atomic E-state index is 0.0318. The van der Waals surface area contributed by atoms with Gasteiger partial charge in [0.05, 0.1) is 11.1 Å². The van der Waals surface area contributed by atoms with E-state index >= 15 is 0 Å². The smallest absolute Gasteiger partial charge is 0.269 e. The van der Waals surface area contributed by atoms with Gasteiger partial charge in [-0.3, -0.25) is 10.1 Å². The lowest BCUT2D eigenvalue weighted by atomic mass is 10.3. The van der Waals surface area contributed by atoms with Crippen LogP contribution in [0.1, 0.15) is 11.7 Å². The highest BCUT2D eigenvalue weighted by atomic mass is 16.6. The van der Waals surface area contributed by atoms with Crippen LogP contribution in [-0.4, -0.2) is 9.91 Å². The summed E-state index contributed by atoms with van der Waals surface area (Å²) in [5, 5.41) is 10.4. The molecule has 6 nitrogen and oxygen atoms in total. The fourth-order valence-electron chi connectivity index (χ4n) is 1.28. The molecule has 0 saturated heterocycles. The van der Waals surface area contributed by atoms with Gasteiger partial charge in [-0.1, -0.05) is 0 Å². The van der Waals surface area contributed by atoms with Gasteiger partial charge >= 0.3 is 0 Å². The Balaban J connectivity index is 1.97. The average molecular weight is 234 g/mol. The molecular weight excluding hydrogens is 224 g/mol. The predicted octanol–water partition coefficient (Wildman–Crippen LogP) is 2.47. The standard InChI is InChI=1S/C11H10N2O4/c1-8-6-12-11(17-8)7-16-10-4-2-9(3-5-10)13(14)15/h2-6H,7H2,1H3. The Morgan fingerprint density at radius 1 is 1.41 bits per heavy atom. The lowest BCUT2D eigenvalue weighted by molar-refractivity contribution is -0.384. The van der Waals surface area contributed by atoms with Crippen molar-refractivity contribution in [3.63, 3.8) is 0 Å². The molecule has 0 aliphatic heterocycles. The van der Waals surface area contributed by atoms with Gasteiger partial charge in [0.25, 0.3) is 5.69 Å². The van der Waals surface area contributed by atoms with Gasteiger partial charge in [0.2, 0.25) is 5.89 Å². The van der Waals surface area contributed by atoms with Crippen molar-refractivity contribution in [1.82, 2.24) is 4.98 Å². The topological polar surface area (TPSA) is 78.4 Å². The second kappa shape index (κ2) is 4.65. The normalized spacial score (nSPS) is 10.2. The van der Waals surface area contributed by atoms with E-state index in [-0.39, 0.29) is 12.3 Å². The van der Waals surface area contributed by atoms with E-state index in [0.29, 0.717) is 17.4 Å². The number of rotatable bonds is 4. The molecule has 0 aliphatic rings. The van der Waals surface area contributed by atoms with Crippen LogP contribution in [0.3, 0.4) is 0 Å². The van der Waals surface area contributed by atoms with Crippen LogP contribution in [0.25, 0.3) is 0 Å². The summed E-state index contributed by atoms with van der Waals surface area (Å²) >= 11 is 0. The maximum atomic E-state index is 10.4. The Labute approximate surface area is 97.0 Å². The van der Waals surface area contributed by atoms with Crippen molar-refractivity contribution >= 4 is 5.69 Å². The number of ether oxygens (including phenoxy) is 1. The van der Waals surface area contributed by atoms with Gasteiger partial charge in [0.15, 0.2) is 6.61 Å². The molecule has 2 aromatic rings. The third-order valence-corrected chi connectivity index (χ3v) is 2.08. The van der Waals surface area contributed by atoms with Gasteiger partial charge < -0.3 is 9.15 Å². The van der Waals surface area contributed by atoms with Crippen molar-refractivity contribution in [2.24, 2.45) is 0 Å². The molecule has 6 heteroatoms. The molecule has 0 saturated carbocycles. The van der Waals surface area contributed by atoms with Crippen LogP contribution < -0.4 is 4.74 Å². The summed E-state index contributed by atoms with van der Waals surface area (Å²) < 4.78 is 10.6. The first kappa shape index (κ1) is 11.1. The first-order valence-corrected chi connectivity index (χ1v) is 4.94. The summed E-state index contributed by atoms with van der Waals surface area (Å²) in [5.41, 5.74) is 0.0318. The molecular formula is C11H10N2O4. The van der Waals surface area contributed by atoms with E-state index in [4.69, 9.17) is 9.15 Å². The van der Waals surface area contributed by atoms with E-state index in [9.17, 15) is 10.1 Å². The first-order valence-electron chi connectivity index (χ1n) is 4.94.